The van der Waals surface area contributed by atoms with Gasteiger partial charge in [-0.25, -0.2) is 8.42 Å². The molecule has 4 aromatic rings. The molecule has 0 amide bonds. The molecule has 0 saturated heterocycles. The zero-order chi connectivity index (χ0) is 22.4. The number of benzene rings is 4. The van der Waals surface area contributed by atoms with E-state index in [0.717, 1.165) is 22.3 Å². The maximum absolute atomic E-state index is 13.9. The minimum Gasteiger partial charge on any atom is -0.218 e. The Bertz CT molecular complexity index is 1340. The lowest BCUT2D eigenvalue weighted by molar-refractivity contribution is 0.603. The van der Waals surface area contributed by atoms with Crippen LogP contribution in [-0.2, 0) is 9.84 Å². The Morgan fingerprint density at radius 1 is 0.594 bits per heavy atom. The maximum atomic E-state index is 13.9. The minimum atomic E-state index is -3.79. The molecule has 0 atom stereocenters. The van der Waals surface area contributed by atoms with Crippen LogP contribution in [0.1, 0.15) is 22.3 Å². The molecule has 0 bridgehead atoms. The fourth-order valence-corrected chi connectivity index (χ4v) is 4.98. The highest BCUT2D eigenvalue weighted by molar-refractivity contribution is 7.96. The van der Waals surface area contributed by atoms with Crippen molar-refractivity contribution in [2.45, 2.75) is 11.8 Å². The summed E-state index contributed by atoms with van der Waals surface area (Å²) < 4.78 is 27.9. The summed E-state index contributed by atoms with van der Waals surface area (Å²) in [5.41, 5.74) is 4.27. The number of allylic oxidation sites excluding steroid dienone is 1. The van der Waals surface area contributed by atoms with Gasteiger partial charge in [0.1, 0.15) is 0 Å². The molecule has 0 saturated carbocycles. The van der Waals surface area contributed by atoms with Gasteiger partial charge in [-0.3, -0.25) is 0 Å². The number of hydrogen-bond acceptors (Lipinski definition) is 2. The smallest absolute Gasteiger partial charge is 0.207 e. The second kappa shape index (κ2) is 9.63. The summed E-state index contributed by atoms with van der Waals surface area (Å²) in [6.07, 6.45) is 3.70. The van der Waals surface area contributed by atoms with Gasteiger partial charge in [0.15, 0.2) is 0 Å². The van der Waals surface area contributed by atoms with Gasteiger partial charge >= 0.3 is 0 Å². The first-order valence-corrected chi connectivity index (χ1v) is 11.9. The molecule has 0 aliphatic rings. The summed E-state index contributed by atoms with van der Waals surface area (Å²) in [7, 11) is -3.79. The highest BCUT2D eigenvalue weighted by Gasteiger charge is 2.25. The van der Waals surface area contributed by atoms with Crippen LogP contribution in [0.3, 0.4) is 0 Å². The zero-order valence-corrected chi connectivity index (χ0v) is 18.7. The van der Waals surface area contributed by atoms with Gasteiger partial charge in [-0.1, -0.05) is 109 Å². The monoisotopic (exact) mass is 436 g/mol. The second-order valence-corrected chi connectivity index (χ2v) is 9.49. The van der Waals surface area contributed by atoms with Crippen molar-refractivity contribution in [3.63, 3.8) is 0 Å². The largest absolute Gasteiger partial charge is 0.218 e. The Morgan fingerprint density at radius 3 is 1.59 bits per heavy atom. The van der Waals surface area contributed by atoms with Crippen LogP contribution in [0, 0.1) is 6.92 Å². The van der Waals surface area contributed by atoms with E-state index in [9.17, 15) is 8.42 Å². The fourth-order valence-electron chi connectivity index (χ4n) is 3.48. The lowest BCUT2D eigenvalue weighted by Crippen LogP contribution is -2.07. The molecule has 4 rings (SSSR count). The Labute approximate surface area is 190 Å². The van der Waals surface area contributed by atoms with Crippen LogP contribution in [0.15, 0.2) is 125 Å². The van der Waals surface area contributed by atoms with Crippen LogP contribution in [0.5, 0.6) is 0 Å². The summed E-state index contributed by atoms with van der Waals surface area (Å²) in [6, 6.07) is 36.0. The van der Waals surface area contributed by atoms with E-state index in [2.05, 4.69) is 0 Å². The van der Waals surface area contributed by atoms with Crippen LogP contribution in [-0.4, -0.2) is 8.42 Å². The molecule has 0 aliphatic carbocycles. The highest BCUT2D eigenvalue weighted by atomic mass is 32.2. The molecule has 4 aromatic carbocycles. The molecule has 2 nitrogen and oxygen atoms in total. The lowest BCUT2D eigenvalue weighted by Gasteiger charge is -2.15. The summed E-state index contributed by atoms with van der Waals surface area (Å²) in [5, 5.41) is 0. The van der Waals surface area contributed by atoms with Crippen molar-refractivity contribution in [2.75, 3.05) is 0 Å². The van der Waals surface area contributed by atoms with Crippen LogP contribution in [0.25, 0.3) is 17.7 Å². The maximum Gasteiger partial charge on any atom is 0.207 e. The zero-order valence-electron chi connectivity index (χ0n) is 17.8. The Balaban J connectivity index is 1.99. The first-order valence-electron chi connectivity index (χ1n) is 10.4. The van der Waals surface area contributed by atoms with Gasteiger partial charge < -0.3 is 0 Å². The summed E-state index contributed by atoms with van der Waals surface area (Å²) in [4.78, 5) is 0.544. The molecule has 158 valence electrons. The first kappa shape index (κ1) is 21.5. The average molecular weight is 437 g/mol. The van der Waals surface area contributed by atoms with E-state index in [0.29, 0.717) is 5.57 Å². The number of sulfone groups is 1. The van der Waals surface area contributed by atoms with Crippen LogP contribution >= 0.6 is 0 Å². The van der Waals surface area contributed by atoms with E-state index in [1.165, 1.54) is 0 Å². The summed E-state index contributed by atoms with van der Waals surface area (Å²) in [5.74, 6) is 0. The predicted molar refractivity (Wildman–Crippen MR) is 134 cm³/mol. The van der Waals surface area contributed by atoms with Crippen molar-refractivity contribution in [1.82, 2.24) is 0 Å². The molecule has 0 fully saturated rings. The van der Waals surface area contributed by atoms with Crippen molar-refractivity contribution < 1.29 is 8.42 Å². The van der Waals surface area contributed by atoms with E-state index in [4.69, 9.17) is 0 Å². The molecular weight excluding hydrogens is 412 g/mol. The Kier molecular flexibility index (Phi) is 6.48. The van der Waals surface area contributed by atoms with Crippen LogP contribution in [0.2, 0.25) is 0 Å². The predicted octanol–water partition coefficient (Wildman–Crippen LogP) is 7.05. The minimum absolute atomic E-state index is 0.266. The Morgan fingerprint density at radius 2 is 1.06 bits per heavy atom. The van der Waals surface area contributed by atoms with E-state index < -0.39 is 9.84 Å². The van der Waals surface area contributed by atoms with Gasteiger partial charge in [0, 0.05) is 5.57 Å². The number of aryl methyl sites for hydroxylation is 1. The average Bonchev–Trinajstić information content (AvgIpc) is 2.83. The molecule has 0 N–H and O–H groups in total. The highest BCUT2D eigenvalue weighted by Crippen LogP contribution is 2.35. The van der Waals surface area contributed by atoms with E-state index in [1.54, 1.807) is 18.2 Å². The van der Waals surface area contributed by atoms with Crippen molar-refractivity contribution in [1.29, 1.82) is 0 Å². The van der Waals surface area contributed by atoms with Crippen molar-refractivity contribution in [3.05, 3.63) is 142 Å². The SMILES string of the molecule is Cc1ccc(S(=O)(=O)C(=C/c2ccccc2)/C(=C/c2ccccc2)c2ccccc2)cc1. The quantitative estimate of drug-likeness (QED) is 0.240. The number of rotatable bonds is 6. The third-order valence-corrected chi connectivity index (χ3v) is 6.99. The van der Waals surface area contributed by atoms with Gasteiger partial charge in [-0.05, 0) is 47.9 Å². The summed E-state index contributed by atoms with van der Waals surface area (Å²) >= 11 is 0. The number of hydrogen-bond donors (Lipinski definition) is 0. The normalized spacial score (nSPS) is 12.5. The molecule has 32 heavy (non-hydrogen) atoms. The van der Waals surface area contributed by atoms with Crippen molar-refractivity contribution >= 4 is 27.6 Å². The van der Waals surface area contributed by atoms with Crippen molar-refractivity contribution in [3.8, 4) is 0 Å². The van der Waals surface area contributed by atoms with E-state index in [-0.39, 0.29) is 9.80 Å². The van der Waals surface area contributed by atoms with E-state index in [1.807, 2.05) is 116 Å². The third-order valence-electron chi connectivity index (χ3n) is 5.18. The molecule has 0 aliphatic heterocycles. The molecule has 0 aromatic heterocycles. The van der Waals surface area contributed by atoms with Gasteiger partial charge in [-0.15, -0.1) is 0 Å². The molecule has 3 heteroatoms. The first-order chi connectivity index (χ1) is 15.5. The molecule has 0 spiro atoms. The molecule has 0 heterocycles. The third kappa shape index (κ3) is 4.96. The van der Waals surface area contributed by atoms with Gasteiger partial charge in [-0.2, -0.15) is 0 Å². The van der Waals surface area contributed by atoms with Gasteiger partial charge in [0.2, 0.25) is 9.84 Å². The van der Waals surface area contributed by atoms with Crippen LogP contribution < -0.4 is 0 Å². The molecule has 0 unspecified atom stereocenters. The van der Waals surface area contributed by atoms with Gasteiger partial charge in [0.25, 0.3) is 0 Å². The fraction of sp³-hybridized carbons (Fsp3) is 0.0345. The van der Waals surface area contributed by atoms with Gasteiger partial charge in [0.05, 0.1) is 9.80 Å². The Hall–Kier alpha value is -3.69. The van der Waals surface area contributed by atoms with Crippen LogP contribution in [0.4, 0.5) is 0 Å². The topological polar surface area (TPSA) is 34.1 Å². The second-order valence-electron chi connectivity index (χ2n) is 7.57. The van der Waals surface area contributed by atoms with E-state index >= 15 is 0 Å². The standard InChI is InChI=1S/C29H24O2S/c1-23-17-19-27(20-18-23)32(30,31)29(22-25-13-7-3-8-14-25)28(26-15-9-4-10-16-26)21-24-11-5-2-6-12-24/h2-22H,1H3/b28-21+,29-22+. The molecular formula is C29H24O2S. The summed E-state index contributed by atoms with van der Waals surface area (Å²) in [6.45, 7) is 1.95. The van der Waals surface area contributed by atoms with Crippen molar-refractivity contribution in [2.24, 2.45) is 0 Å². The lowest BCUT2D eigenvalue weighted by atomic mass is 10.0. The molecule has 0 radical (unpaired) electrons.